The fourth-order valence-corrected chi connectivity index (χ4v) is 1.85. The number of hydrogen-bond acceptors (Lipinski definition) is 3. The smallest absolute Gasteiger partial charge is 0.320 e. The van der Waals surface area contributed by atoms with Gasteiger partial charge < -0.3 is 9.80 Å². The lowest BCUT2D eigenvalue weighted by Crippen LogP contribution is -2.38. The van der Waals surface area contributed by atoms with Gasteiger partial charge in [-0.25, -0.2) is 4.79 Å². The minimum atomic E-state index is -0.0543. The largest absolute Gasteiger partial charge is 0.331 e. The van der Waals surface area contributed by atoms with Crippen LogP contribution in [0.25, 0.3) is 0 Å². The molecule has 0 aliphatic rings. The van der Waals surface area contributed by atoms with E-state index in [1.54, 1.807) is 36.3 Å². The molecule has 0 aliphatic heterocycles. The zero-order valence-electron chi connectivity index (χ0n) is 11.7. The average Bonchev–Trinajstić information content (AvgIpc) is 2.48. The molecule has 0 saturated carbocycles. The van der Waals surface area contributed by atoms with E-state index in [1.807, 2.05) is 36.4 Å². The van der Waals surface area contributed by atoms with Gasteiger partial charge in [0.15, 0.2) is 0 Å². The number of aromatic nitrogens is 2. The second-order valence-electron chi connectivity index (χ2n) is 4.68. The van der Waals surface area contributed by atoms with Crippen molar-refractivity contribution in [3.8, 4) is 0 Å². The monoisotopic (exact) mass is 270 g/mol. The second kappa shape index (κ2) is 6.65. The van der Waals surface area contributed by atoms with Crippen molar-refractivity contribution in [2.45, 2.75) is 13.1 Å². The summed E-state index contributed by atoms with van der Waals surface area (Å²) in [6.07, 6.45) is 3.46. The molecule has 0 N–H and O–H groups in total. The SMILES string of the molecule is CN(C)C(=O)N(Cc1ccccn1)Cc1ccccn1. The molecule has 5 heteroatoms. The van der Waals surface area contributed by atoms with E-state index in [4.69, 9.17) is 0 Å². The summed E-state index contributed by atoms with van der Waals surface area (Å²) < 4.78 is 0. The number of urea groups is 1. The van der Waals surface area contributed by atoms with Crippen molar-refractivity contribution in [3.63, 3.8) is 0 Å². The third kappa shape index (κ3) is 3.78. The number of carbonyl (C=O) groups is 1. The molecule has 20 heavy (non-hydrogen) atoms. The van der Waals surface area contributed by atoms with E-state index in [-0.39, 0.29) is 6.03 Å². The van der Waals surface area contributed by atoms with E-state index < -0.39 is 0 Å². The Morgan fingerprint density at radius 2 is 1.45 bits per heavy atom. The van der Waals surface area contributed by atoms with Crippen LogP contribution in [0.3, 0.4) is 0 Å². The first-order valence-electron chi connectivity index (χ1n) is 6.43. The molecule has 0 unspecified atom stereocenters. The van der Waals surface area contributed by atoms with Gasteiger partial charge >= 0.3 is 6.03 Å². The molecular weight excluding hydrogens is 252 g/mol. The van der Waals surface area contributed by atoms with Gasteiger partial charge in [0.25, 0.3) is 0 Å². The minimum absolute atomic E-state index is 0.0543. The summed E-state index contributed by atoms with van der Waals surface area (Å²) >= 11 is 0. The highest BCUT2D eigenvalue weighted by atomic mass is 16.2. The molecule has 5 nitrogen and oxygen atoms in total. The first-order valence-corrected chi connectivity index (χ1v) is 6.43. The van der Waals surface area contributed by atoms with Crippen LogP contribution in [-0.2, 0) is 13.1 Å². The van der Waals surface area contributed by atoms with Crippen molar-refractivity contribution < 1.29 is 4.79 Å². The third-order valence-electron chi connectivity index (χ3n) is 2.81. The second-order valence-corrected chi connectivity index (χ2v) is 4.68. The highest BCUT2D eigenvalue weighted by Gasteiger charge is 2.17. The van der Waals surface area contributed by atoms with E-state index in [0.29, 0.717) is 13.1 Å². The van der Waals surface area contributed by atoms with Gasteiger partial charge in [-0.1, -0.05) is 12.1 Å². The Labute approximate surface area is 118 Å². The number of amides is 2. The molecule has 2 amide bonds. The molecule has 0 saturated heterocycles. The van der Waals surface area contributed by atoms with Gasteiger partial charge in [0.2, 0.25) is 0 Å². The van der Waals surface area contributed by atoms with Gasteiger partial charge in [-0.05, 0) is 24.3 Å². The number of nitrogens with zero attached hydrogens (tertiary/aromatic N) is 4. The van der Waals surface area contributed by atoms with Gasteiger partial charge in [0.1, 0.15) is 0 Å². The highest BCUT2D eigenvalue weighted by molar-refractivity contribution is 5.73. The Balaban J connectivity index is 2.15. The topological polar surface area (TPSA) is 49.3 Å². The summed E-state index contributed by atoms with van der Waals surface area (Å²) in [6, 6.07) is 11.3. The van der Waals surface area contributed by atoms with Crippen LogP contribution >= 0.6 is 0 Å². The number of hydrogen-bond donors (Lipinski definition) is 0. The highest BCUT2D eigenvalue weighted by Crippen LogP contribution is 2.08. The molecule has 0 spiro atoms. The fraction of sp³-hybridized carbons (Fsp3) is 0.267. The van der Waals surface area contributed by atoms with Crippen molar-refractivity contribution in [1.29, 1.82) is 0 Å². The molecule has 2 aromatic rings. The molecule has 0 radical (unpaired) electrons. The molecule has 0 aromatic carbocycles. The average molecular weight is 270 g/mol. The maximum absolute atomic E-state index is 12.2. The summed E-state index contributed by atoms with van der Waals surface area (Å²) in [6.45, 7) is 0.933. The first-order chi connectivity index (χ1) is 9.66. The van der Waals surface area contributed by atoms with Gasteiger partial charge in [-0.2, -0.15) is 0 Å². The lowest BCUT2D eigenvalue weighted by Gasteiger charge is -2.25. The van der Waals surface area contributed by atoms with Gasteiger partial charge in [0.05, 0.1) is 24.5 Å². The van der Waals surface area contributed by atoms with Gasteiger partial charge in [-0.3, -0.25) is 9.97 Å². The summed E-state index contributed by atoms with van der Waals surface area (Å²) in [4.78, 5) is 24.1. The van der Waals surface area contributed by atoms with E-state index in [0.717, 1.165) is 11.4 Å². The Kier molecular flexibility index (Phi) is 4.65. The van der Waals surface area contributed by atoms with Crippen molar-refractivity contribution in [1.82, 2.24) is 19.8 Å². The minimum Gasteiger partial charge on any atom is -0.331 e. The van der Waals surface area contributed by atoms with E-state index >= 15 is 0 Å². The van der Waals surface area contributed by atoms with Crippen LogP contribution < -0.4 is 0 Å². The van der Waals surface area contributed by atoms with Crippen molar-refractivity contribution in [2.24, 2.45) is 0 Å². The fourth-order valence-electron chi connectivity index (χ4n) is 1.85. The van der Waals surface area contributed by atoms with Crippen molar-refractivity contribution in [3.05, 3.63) is 60.2 Å². The van der Waals surface area contributed by atoms with Crippen LogP contribution in [0, 0.1) is 0 Å². The lowest BCUT2D eigenvalue weighted by molar-refractivity contribution is 0.164. The number of pyridine rings is 2. The van der Waals surface area contributed by atoms with Crippen molar-refractivity contribution in [2.75, 3.05) is 14.1 Å². The summed E-state index contributed by atoms with van der Waals surface area (Å²) in [5.41, 5.74) is 1.72. The van der Waals surface area contributed by atoms with Gasteiger partial charge in [-0.15, -0.1) is 0 Å². The molecule has 0 bridgehead atoms. The predicted molar refractivity (Wildman–Crippen MR) is 76.8 cm³/mol. The molecule has 104 valence electrons. The van der Waals surface area contributed by atoms with Crippen LogP contribution in [0.1, 0.15) is 11.4 Å². The van der Waals surface area contributed by atoms with E-state index in [1.165, 1.54) is 0 Å². The van der Waals surface area contributed by atoms with Crippen LogP contribution in [0.4, 0.5) is 4.79 Å². The molecule has 0 atom stereocenters. The van der Waals surface area contributed by atoms with Crippen LogP contribution in [0.5, 0.6) is 0 Å². The number of carbonyl (C=O) groups excluding carboxylic acids is 1. The van der Waals surface area contributed by atoms with Crippen molar-refractivity contribution >= 4 is 6.03 Å². The Morgan fingerprint density at radius 3 is 1.80 bits per heavy atom. The molecule has 2 aromatic heterocycles. The molecule has 0 fully saturated rings. The maximum atomic E-state index is 12.2. The maximum Gasteiger partial charge on any atom is 0.320 e. The molecule has 2 heterocycles. The Morgan fingerprint density at radius 1 is 0.950 bits per heavy atom. The Bertz CT molecular complexity index is 501. The lowest BCUT2D eigenvalue weighted by atomic mass is 10.3. The first kappa shape index (κ1) is 14.0. The summed E-state index contributed by atoms with van der Waals surface area (Å²) in [5, 5.41) is 0. The van der Waals surface area contributed by atoms with Crippen LogP contribution in [-0.4, -0.2) is 39.9 Å². The standard InChI is InChI=1S/C15H18N4O/c1-18(2)15(20)19(11-13-7-3-5-9-16-13)12-14-8-4-6-10-17-14/h3-10H,11-12H2,1-2H3. The summed E-state index contributed by atoms with van der Waals surface area (Å²) in [7, 11) is 3.48. The molecule has 0 aliphatic carbocycles. The van der Waals surface area contributed by atoms with Gasteiger partial charge in [0, 0.05) is 26.5 Å². The number of rotatable bonds is 4. The quantitative estimate of drug-likeness (QED) is 0.855. The third-order valence-corrected chi connectivity index (χ3v) is 2.81. The predicted octanol–water partition coefficient (Wildman–Crippen LogP) is 2.16. The molecule has 2 rings (SSSR count). The normalized spacial score (nSPS) is 10.1. The zero-order chi connectivity index (χ0) is 14.4. The van der Waals surface area contributed by atoms with Crippen LogP contribution in [0.15, 0.2) is 48.8 Å². The zero-order valence-corrected chi connectivity index (χ0v) is 11.7. The van der Waals surface area contributed by atoms with E-state index in [9.17, 15) is 4.79 Å². The summed E-state index contributed by atoms with van der Waals surface area (Å²) in [5.74, 6) is 0. The van der Waals surface area contributed by atoms with E-state index in [2.05, 4.69) is 9.97 Å². The Hall–Kier alpha value is -2.43. The molecular formula is C15H18N4O. The van der Waals surface area contributed by atoms with Crippen LogP contribution in [0.2, 0.25) is 0 Å².